The zero-order valence-electron chi connectivity index (χ0n) is 16.5. The van der Waals surface area contributed by atoms with Gasteiger partial charge in [0.1, 0.15) is 29.8 Å². The molecule has 0 spiro atoms. The van der Waals surface area contributed by atoms with Crippen LogP contribution in [0.2, 0.25) is 5.02 Å². The monoisotopic (exact) mass is 506 g/mol. The molecule has 0 amide bonds. The summed E-state index contributed by atoms with van der Waals surface area (Å²) in [5, 5.41) is 4.02. The van der Waals surface area contributed by atoms with Crippen LogP contribution in [0.4, 0.5) is 15.9 Å². The lowest BCUT2D eigenvalue weighted by Gasteiger charge is -2.19. The number of rotatable bonds is 7. The zero-order chi connectivity index (χ0) is 21.8. The first-order valence-corrected chi connectivity index (χ1v) is 11.1. The summed E-state index contributed by atoms with van der Waals surface area (Å²) in [7, 11) is 0. The smallest absolute Gasteiger partial charge is 0.141 e. The summed E-state index contributed by atoms with van der Waals surface area (Å²) in [6.45, 7) is 1.68. The van der Waals surface area contributed by atoms with Gasteiger partial charge in [0.05, 0.1) is 28.6 Å². The number of hydrogen-bond acceptors (Lipinski definition) is 6. The second kappa shape index (κ2) is 9.91. The number of aromatic nitrogens is 2. The maximum Gasteiger partial charge on any atom is 0.141 e. The molecule has 1 unspecified atom stereocenters. The molecule has 1 fully saturated rings. The molecule has 0 radical (unpaired) electrons. The molecule has 1 aliphatic rings. The third-order valence-electron chi connectivity index (χ3n) is 4.87. The minimum atomic E-state index is -0.478. The number of hydrogen-bond donors (Lipinski definition) is 2. The van der Waals surface area contributed by atoms with E-state index in [0.717, 1.165) is 23.1 Å². The van der Waals surface area contributed by atoms with Crippen molar-refractivity contribution in [3.8, 4) is 5.75 Å². The fourth-order valence-corrected chi connectivity index (χ4v) is 4.07. The predicted octanol–water partition coefficient (Wildman–Crippen LogP) is 5.28. The van der Waals surface area contributed by atoms with Crippen molar-refractivity contribution >= 4 is 49.9 Å². The van der Waals surface area contributed by atoms with Gasteiger partial charge in [-0.05, 0) is 24.3 Å². The molecule has 0 aliphatic carbocycles. The van der Waals surface area contributed by atoms with Crippen molar-refractivity contribution in [1.82, 2.24) is 9.97 Å². The minimum absolute atomic E-state index is 0.00446. The summed E-state index contributed by atoms with van der Waals surface area (Å²) in [6, 6.07) is 8.30. The molecule has 0 bridgehead atoms. The van der Waals surface area contributed by atoms with E-state index in [4.69, 9.17) is 26.8 Å². The average molecular weight is 508 g/mol. The SMILES string of the molecule is NC/C=C/[C@H](Br)c1cc2c(Nc3ccc(F)c(Cl)c3)ncnc2cc1OC1CCOC1. The number of nitrogens with two attached hydrogens (primary N) is 1. The molecule has 6 nitrogen and oxygen atoms in total. The normalized spacial score (nSPS) is 17.4. The largest absolute Gasteiger partial charge is 0.488 e. The topological polar surface area (TPSA) is 82.3 Å². The molecule has 1 aliphatic heterocycles. The molecular weight excluding hydrogens is 487 g/mol. The van der Waals surface area contributed by atoms with Crippen LogP contribution in [0.15, 0.2) is 48.8 Å². The van der Waals surface area contributed by atoms with Crippen molar-refractivity contribution in [2.45, 2.75) is 17.4 Å². The minimum Gasteiger partial charge on any atom is -0.488 e. The molecule has 3 N–H and O–H groups in total. The van der Waals surface area contributed by atoms with Crippen LogP contribution in [0.5, 0.6) is 5.75 Å². The Hall–Kier alpha value is -2.26. The Kier molecular flexibility index (Phi) is 7.02. The van der Waals surface area contributed by atoms with E-state index in [-0.39, 0.29) is 16.0 Å². The van der Waals surface area contributed by atoms with Crippen molar-refractivity contribution in [3.63, 3.8) is 0 Å². The average Bonchev–Trinajstić information content (AvgIpc) is 3.27. The molecule has 4 rings (SSSR count). The number of anilines is 2. The van der Waals surface area contributed by atoms with Crippen LogP contribution in [-0.4, -0.2) is 35.8 Å². The van der Waals surface area contributed by atoms with Crippen LogP contribution in [0.1, 0.15) is 16.8 Å². The Morgan fingerprint density at radius 2 is 2.23 bits per heavy atom. The first-order chi connectivity index (χ1) is 15.0. The van der Waals surface area contributed by atoms with E-state index >= 15 is 0 Å². The lowest BCUT2D eigenvalue weighted by Crippen LogP contribution is -2.17. The number of alkyl halides is 1. The van der Waals surface area contributed by atoms with Crippen molar-refractivity contribution < 1.29 is 13.9 Å². The Labute approximate surface area is 192 Å². The first kappa shape index (κ1) is 22.0. The van der Waals surface area contributed by atoms with Gasteiger partial charge < -0.3 is 20.5 Å². The Bertz CT molecular complexity index is 1110. The lowest BCUT2D eigenvalue weighted by atomic mass is 10.1. The summed E-state index contributed by atoms with van der Waals surface area (Å²) >= 11 is 9.62. The molecular formula is C22H21BrClFN4O2. The number of nitrogens with zero attached hydrogens (tertiary/aromatic N) is 2. The van der Waals surface area contributed by atoms with Crippen LogP contribution >= 0.6 is 27.5 Å². The fourth-order valence-electron chi connectivity index (χ4n) is 3.32. The van der Waals surface area contributed by atoms with Gasteiger partial charge in [-0.3, -0.25) is 0 Å². The summed E-state index contributed by atoms with van der Waals surface area (Å²) in [5.74, 6) is 0.821. The highest BCUT2D eigenvalue weighted by molar-refractivity contribution is 9.09. The van der Waals surface area contributed by atoms with Crippen LogP contribution in [-0.2, 0) is 4.74 Å². The molecule has 2 atom stereocenters. The quantitative estimate of drug-likeness (QED) is 0.334. The van der Waals surface area contributed by atoms with E-state index in [1.807, 2.05) is 24.3 Å². The van der Waals surface area contributed by atoms with E-state index in [9.17, 15) is 4.39 Å². The first-order valence-electron chi connectivity index (χ1n) is 9.81. The van der Waals surface area contributed by atoms with Gasteiger partial charge in [0.25, 0.3) is 0 Å². The van der Waals surface area contributed by atoms with Gasteiger partial charge in [-0.1, -0.05) is 39.7 Å². The second-order valence-electron chi connectivity index (χ2n) is 7.05. The van der Waals surface area contributed by atoms with Crippen LogP contribution in [0.25, 0.3) is 10.9 Å². The van der Waals surface area contributed by atoms with E-state index in [1.54, 1.807) is 6.07 Å². The van der Waals surface area contributed by atoms with Gasteiger partial charge in [0, 0.05) is 35.7 Å². The summed E-state index contributed by atoms with van der Waals surface area (Å²) in [5.41, 5.74) is 7.88. The molecule has 2 aromatic carbocycles. The molecule has 9 heteroatoms. The molecule has 1 saturated heterocycles. The van der Waals surface area contributed by atoms with Crippen molar-refractivity contribution in [2.75, 3.05) is 25.1 Å². The molecule has 0 saturated carbocycles. The zero-order valence-corrected chi connectivity index (χ0v) is 18.9. The van der Waals surface area contributed by atoms with Gasteiger partial charge in [-0.15, -0.1) is 0 Å². The Balaban J connectivity index is 1.76. The van der Waals surface area contributed by atoms with Gasteiger partial charge in [-0.25, -0.2) is 14.4 Å². The van der Waals surface area contributed by atoms with Gasteiger partial charge >= 0.3 is 0 Å². The lowest BCUT2D eigenvalue weighted by molar-refractivity contribution is 0.141. The molecule has 3 aromatic rings. The highest BCUT2D eigenvalue weighted by atomic mass is 79.9. The number of ether oxygens (including phenoxy) is 2. The van der Waals surface area contributed by atoms with E-state index in [2.05, 4.69) is 31.2 Å². The van der Waals surface area contributed by atoms with Gasteiger partial charge in [-0.2, -0.15) is 0 Å². The van der Waals surface area contributed by atoms with Crippen molar-refractivity contribution in [2.24, 2.45) is 5.73 Å². The third-order valence-corrected chi connectivity index (χ3v) is 5.96. The predicted molar refractivity (Wildman–Crippen MR) is 124 cm³/mol. The number of fused-ring (bicyclic) bond motifs is 1. The van der Waals surface area contributed by atoms with Crippen molar-refractivity contribution in [1.29, 1.82) is 0 Å². The molecule has 1 aromatic heterocycles. The van der Waals surface area contributed by atoms with Crippen molar-refractivity contribution in [3.05, 3.63) is 65.2 Å². The third kappa shape index (κ3) is 5.15. The Morgan fingerprint density at radius 3 is 2.97 bits per heavy atom. The second-order valence-corrected chi connectivity index (χ2v) is 8.45. The maximum absolute atomic E-state index is 13.5. The number of benzene rings is 2. The number of halogens is 3. The van der Waals surface area contributed by atoms with Gasteiger partial charge in [0.2, 0.25) is 0 Å². The maximum atomic E-state index is 13.5. The van der Waals surface area contributed by atoms with E-state index in [0.29, 0.717) is 36.8 Å². The summed E-state index contributed by atoms with van der Waals surface area (Å²) < 4.78 is 25.2. The summed E-state index contributed by atoms with van der Waals surface area (Å²) in [6.07, 6.45) is 6.15. The van der Waals surface area contributed by atoms with E-state index in [1.165, 1.54) is 18.5 Å². The summed E-state index contributed by atoms with van der Waals surface area (Å²) in [4.78, 5) is 8.67. The Morgan fingerprint density at radius 1 is 1.35 bits per heavy atom. The molecule has 2 heterocycles. The number of nitrogens with one attached hydrogen (secondary N) is 1. The van der Waals surface area contributed by atoms with E-state index < -0.39 is 5.82 Å². The molecule has 162 valence electrons. The highest BCUT2D eigenvalue weighted by Crippen LogP contribution is 2.38. The van der Waals surface area contributed by atoms with Gasteiger partial charge in [0.15, 0.2) is 0 Å². The van der Waals surface area contributed by atoms with Crippen LogP contribution < -0.4 is 15.8 Å². The standard InChI is InChI=1S/C22H21BrClFN4O2/c23-17(2-1-6-26)15-9-16-20(10-21(15)31-14-5-7-30-11-14)27-12-28-22(16)29-13-3-4-19(25)18(24)8-13/h1-4,8-10,12,14,17H,5-7,11,26H2,(H,27,28,29)/b2-1+/t14?,17-/m0/s1. The number of allylic oxidation sites excluding steroid dienone is 1. The van der Waals surface area contributed by atoms with Crippen LogP contribution in [0, 0.1) is 5.82 Å². The van der Waals surface area contributed by atoms with Crippen LogP contribution in [0.3, 0.4) is 0 Å². The molecule has 31 heavy (non-hydrogen) atoms. The fraction of sp³-hybridized carbons (Fsp3) is 0.273. The highest BCUT2D eigenvalue weighted by Gasteiger charge is 2.22.